The first-order chi connectivity index (χ1) is 15.7. The molecule has 4 rings (SSSR count). The molecule has 0 saturated carbocycles. The molecule has 0 atom stereocenters. The number of carbonyl (C=O) groups excluding carboxylic acids is 1. The van der Waals surface area contributed by atoms with Gasteiger partial charge in [0, 0.05) is 24.5 Å². The first-order valence-electron chi connectivity index (χ1n) is 9.97. The lowest BCUT2D eigenvalue weighted by Gasteiger charge is -2.36. The number of amides is 1. The van der Waals surface area contributed by atoms with Crippen molar-refractivity contribution in [2.24, 2.45) is 5.18 Å². The van der Waals surface area contributed by atoms with Gasteiger partial charge < -0.3 is 25.7 Å². The molecule has 3 heterocycles. The molecule has 0 spiro atoms. The molecule has 1 aromatic carbocycles. The summed E-state index contributed by atoms with van der Waals surface area (Å²) < 4.78 is 35.9. The van der Waals surface area contributed by atoms with Gasteiger partial charge in [0.05, 0.1) is 22.1 Å². The predicted molar refractivity (Wildman–Crippen MR) is 119 cm³/mol. The zero-order valence-electron chi connectivity index (χ0n) is 17.7. The van der Waals surface area contributed by atoms with Crippen molar-refractivity contribution in [1.29, 1.82) is 0 Å². The van der Waals surface area contributed by atoms with Gasteiger partial charge in [-0.25, -0.2) is 9.37 Å². The summed E-state index contributed by atoms with van der Waals surface area (Å²) in [5.74, 6) is -2.48. The molecule has 2 aromatic heterocycles. The monoisotopic (exact) mass is 458 g/mol. The predicted octanol–water partition coefficient (Wildman–Crippen LogP) is 2.82. The fourth-order valence-corrected chi connectivity index (χ4v) is 3.73. The number of rotatable bonds is 6. The molecule has 4 N–H and O–H groups in total. The Morgan fingerprint density at radius 2 is 2.03 bits per heavy atom. The molecule has 33 heavy (non-hydrogen) atoms. The molecular formula is C21H20F2N6O4. The largest absolute Gasteiger partial charge is 0.487 e. The van der Waals surface area contributed by atoms with Crippen LogP contribution in [0.5, 0.6) is 5.75 Å². The van der Waals surface area contributed by atoms with Crippen LogP contribution in [-0.4, -0.2) is 35.2 Å². The molecule has 0 fully saturated rings. The molecule has 0 radical (unpaired) electrons. The number of nitrogen functional groups attached to an aromatic ring is 1. The van der Waals surface area contributed by atoms with Gasteiger partial charge in [-0.2, -0.15) is 4.39 Å². The lowest BCUT2D eigenvalue weighted by atomic mass is 9.98. The number of nitroso groups, excluding NO2 is 1. The first-order valence-corrected chi connectivity index (χ1v) is 9.97. The van der Waals surface area contributed by atoms with E-state index in [0.717, 1.165) is 0 Å². The Balaban J connectivity index is 1.77. The maximum atomic E-state index is 15.3. The minimum atomic E-state index is -1.27. The van der Waals surface area contributed by atoms with Crippen LogP contribution >= 0.6 is 0 Å². The second kappa shape index (κ2) is 8.11. The van der Waals surface area contributed by atoms with Gasteiger partial charge in [0.15, 0.2) is 11.6 Å². The van der Waals surface area contributed by atoms with E-state index in [2.05, 4.69) is 20.8 Å². The standard InChI is InChI=1S/C21H20F2N6O4/c1-21(2)9-33-19-16(26-7-6-25-12-5-3-4-11(22)27-12)14(23)15(24)13-17(19)29(21)8-10(18(13)30)20(31)28-32/h3-5,8,26H,6-7,9,24H2,1-2H3,(H,25,27). The van der Waals surface area contributed by atoms with Gasteiger partial charge in [0.1, 0.15) is 23.7 Å². The number of anilines is 3. The van der Waals surface area contributed by atoms with Crippen molar-refractivity contribution in [3.05, 3.63) is 56.9 Å². The van der Waals surface area contributed by atoms with Crippen LogP contribution in [0.1, 0.15) is 24.2 Å². The summed E-state index contributed by atoms with van der Waals surface area (Å²) in [4.78, 5) is 39.3. The summed E-state index contributed by atoms with van der Waals surface area (Å²) >= 11 is 0. The number of carbonyl (C=O) groups is 1. The van der Waals surface area contributed by atoms with Crippen LogP contribution in [0.15, 0.2) is 34.4 Å². The van der Waals surface area contributed by atoms with E-state index in [4.69, 9.17) is 10.5 Å². The van der Waals surface area contributed by atoms with Gasteiger partial charge in [-0.15, -0.1) is 4.91 Å². The molecule has 172 valence electrons. The number of ether oxygens (including phenoxy) is 1. The summed E-state index contributed by atoms with van der Waals surface area (Å²) in [5, 5.41) is 7.85. The van der Waals surface area contributed by atoms with Gasteiger partial charge in [0.25, 0.3) is 0 Å². The smallest absolute Gasteiger partial charge is 0.322 e. The molecule has 3 aromatic rings. The van der Waals surface area contributed by atoms with Crippen LogP contribution in [0, 0.1) is 16.7 Å². The lowest BCUT2D eigenvalue weighted by molar-refractivity contribution is 0.0997. The average Bonchev–Trinajstić information content (AvgIpc) is 2.77. The van der Waals surface area contributed by atoms with E-state index in [1.54, 1.807) is 24.5 Å². The van der Waals surface area contributed by atoms with Gasteiger partial charge >= 0.3 is 5.91 Å². The quantitative estimate of drug-likeness (QED) is 0.222. The van der Waals surface area contributed by atoms with Gasteiger partial charge in [-0.3, -0.25) is 9.59 Å². The minimum Gasteiger partial charge on any atom is -0.487 e. The van der Waals surface area contributed by atoms with E-state index < -0.39 is 39.9 Å². The highest BCUT2D eigenvalue weighted by molar-refractivity contribution is 6.05. The van der Waals surface area contributed by atoms with E-state index in [0.29, 0.717) is 5.82 Å². The van der Waals surface area contributed by atoms with Crippen molar-refractivity contribution >= 4 is 34.0 Å². The van der Waals surface area contributed by atoms with Gasteiger partial charge in [0.2, 0.25) is 11.4 Å². The average molecular weight is 458 g/mol. The van der Waals surface area contributed by atoms with Crippen molar-refractivity contribution < 1.29 is 18.3 Å². The number of nitrogens with one attached hydrogen (secondary N) is 2. The maximum absolute atomic E-state index is 15.3. The molecule has 1 amide bonds. The van der Waals surface area contributed by atoms with E-state index >= 15 is 4.39 Å². The van der Waals surface area contributed by atoms with E-state index in [1.165, 1.54) is 18.3 Å². The molecule has 10 nitrogen and oxygen atoms in total. The number of hydrogen-bond donors (Lipinski definition) is 3. The summed E-state index contributed by atoms with van der Waals surface area (Å²) in [6.07, 6.45) is 1.22. The highest BCUT2D eigenvalue weighted by Crippen LogP contribution is 2.44. The highest BCUT2D eigenvalue weighted by atomic mass is 19.1. The second-order valence-electron chi connectivity index (χ2n) is 8.09. The number of nitrogens with two attached hydrogens (primary N) is 1. The fourth-order valence-electron chi connectivity index (χ4n) is 3.73. The van der Waals surface area contributed by atoms with Crippen molar-refractivity contribution in [1.82, 2.24) is 9.55 Å². The summed E-state index contributed by atoms with van der Waals surface area (Å²) in [7, 11) is 0. The van der Waals surface area contributed by atoms with Crippen molar-refractivity contribution in [3.63, 3.8) is 0 Å². The summed E-state index contributed by atoms with van der Waals surface area (Å²) in [6.45, 7) is 4.08. The Bertz CT molecular complexity index is 1360. The Kier molecular flexibility index (Phi) is 5.44. The topological polar surface area (TPSA) is 141 Å². The molecule has 0 aliphatic carbocycles. The molecule has 1 aliphatic heterocycles. The van der Waals surface area contributed by atoms with Crippen LogP contribution in [0.4, 0.5) is 26.0 Å². The molecule has 0 saturated heterocycles. The Morgan fingerprint density at radius 3 is 2.73 bits per heavy atom. The third kappa shape index (κ3) is 3.73. The maximum Gasteiger partial charge on any atom is 0.322 e. The number of benzene rings is 1. The Labute approximate surface area is 185 Å². The van der Waals surface area contributed by atoms with Gasteiger partial charge in [-0.1, -0.05) is 6.07 Å². The first kappa shape index (κ1) is 22.1. The van der Waals surface area contributed by atoms with Crippen molar-refractivity contribution in [2.75, 3.05) is 36.1 Å². The Hall–Kier alpha value is -4.09. The van der Waals surface area contributed by atoms with Crippen LogP contribution < -0.4 is 26.5 Å². The number of pyridine rings is 2. The minimum absolute atomic E-state index is 0.0510. The fraction of sp³-hybridized carbons (Fsp3) is 0.286. The number of hydrogen-bond acceptors (Lipinski definition) is 8. The summed E-state index contributed by atoms with van der Waals surface area (Å²) in [5.41, 5.74) is 3.46. The number of halogens is 2. The van der Waals surface area contributed by atoms with E-state index in [9.17, 15) is 18.9 Å². The summed E-state index contributed by atoms with van der Waals surface area (Å²) in [6, 6.07) is 4.29. The number of nitrogens with zero attached hydrogens (tertiary/aromatic N) is 3. The second-order valence-corrected chi connectivity index (χ2v) is 8.09. The lowest BCUT2D eigenvalue weighted by Crippen LogP contribution is -2.39. The molecular weight excluding hydrogens is 438 g/mol. The SMILES string of the molecule is CC1(C)COc2c(NCCNc3cccc(F)n3)c(F)c(N)c3c(=O)c(C(=O)N=O)cn1c23. The number of aromatic nitrogens is 2. The van der Waals surface area contributed by atoms with Gasteiger partial charge in [-0.05, 0) is 26.0 Å². The van der Waals surface area contributed by atoms with Crippen LogP contribution in [-0.2, 0) is 5.54 Å². The Morgan fingerprint density at radius 1 is 1.30 bits per heavy atom. The van der Waals surface area contributed by atoms with Crippen LogP contribution in [0.2, 0.25) is 0 Å². The van der Waals surface area contributed by atoms with E-state index in [1.807, 2.05) is 0 Å². The molecule has 0 bridgehead atoms. The normalized spacial score (nSPS) is 13.9. The zero-order chi connectivity index (χ0) is 23.9. The highest BCUT2D eigenvalue weighted by Gasteiger charge is 2.35. The molecule has 0 unspecified atom stereocenters. The van der Waals surface area contributed by atoms with Crippen LogP contribution in [0.3, 0.4) is 0 Å². The molecule has 1 aliphatic rings. The molecule has 12 heteroatoms. The van der Waals surface area contributed by atoms with Crippen LogP contribution in [0.25, 0.3) is 10.9 Å². The van der Waals surface area contributed by atoms with E-state index in [-0.39, 0.29) is 42.0 Å². The third-order valence-corrected chi connectivity index (χ3v) is 5.36. The zero-order valence-corrected chi connectivity index (χ0v) is 17.7. The third-order valence-electron chi connectivity index (χ3n) is 5.36. The van der Waals surface area contributed by atoms with Crippen molar-refractivity contribution in [3.8, 4) is 5.75 Å². The van der Waals surface area contributed by atoms with Crippen molar-refractivity contribution in [2.45, 2.75) is 19.4 Å².